The molecule has 0 spiro atoms. The van der Waals surface area contributed by atoms with Crippen LogP contribution in [0.15, 0.2) is 30.5 Å². The van der Waals surface area contributed by atoms with Gasteiger partial charge in [0.05, 0.1) is 5.69 Å². The molecular weight excluding hydrogens is 248 g/mol. The highest BCUT2D eigenvalue weighted by atomic mass is 15.4. The lowest BCUT2D eigenvalue weighted by Gasteiger charge is -2.25. The van der Waals surface area contributed by atoms with Crippen molar-refractivity contribution in [3.63, 3.8) is 0 Å². The van der Waals surface area contributed by atoms with Crippen molar-refractivity contribution in [2.24, 2.45) is 5.73 Å². The lowest BCUT2D eigenvalue weighted by Crippen LogP contribution is -2.15. The maximum Gasteiger partial charge on any atom is 0.0827 e. The Hall–Kier alpha value is -1.68. The number of nitrogens with two attached hydrogens (primary N) is 1. The van der Waals surface area contributed by atoms with Crippen LogP contribution in [0.2, 0.25) is 0 Å². The van der Waals surface area contributed by atoms with Gasteiger partial charge in [-0.1, -0.05) is 29.5 Å². The summed E-state index contributed by atoms with van der Waals surface area (Å²) in [4.78, 5) is 0. The maximum atomic E-state index is 5.53. The molecule has 1 aromatic heterocycles. The molecule has 0 radical (unpaired) electrons. The topological polar surface area (TPSA) is 56.7 Å². The first-order valence-electron chi connectivity index (χ1n) is 7.53. The zero-order valence-corrected chi connectivity index (χ0v) is 11.8. The molecule has 20 heavy (non-hydrogen) atoms. The molecule has 0 amide bonds. The SMILES string of the molecule is NCCCc1cn(CC2CCCc3ccccc32)nn1. The van der Waals surface area contributed by atoms with E-state index in [4.69, 9.17) is 5.73 Å². The van der Waals surface area contributed by atoms with E-state index >= 15 is 0 Å². The number of aryl methyl sites for hydroxylation is 2. The van der Waals surface area contributed by atoms with Crippen LogP contribution in [0.25, 0.3) is 0 Å². The molecule has 0 saturated heterocycles. The Kier molecular flexibility index (Phi) is 4.11. The van der Waals surface area contributed by atoms with Crippen molar-refractivity contribution in [1.82, 2.24) is 15.0 Å². The van der Waals surface area contributed by atoms with Crippen molar-refractivity contribution in [2.45, 2.75) is 44.6 Å². The minimum absolute atomic E-state index is 0.573. The third-order valence-corrected chi connectivity index (χ3v) is 4.12. The molecule has 0 aliphatic heterocycles. The largest absolute Gasteiger partial charge is 0.330 e. The van der Waals surface area contributed by atoms with Crippen LogP contribution in [0.4, 0.5) is 0 Å². The van der Waals surface area contributed by atoms with Gasteiger partial charge in [0.25, 0.3) is 0 Å². The lowest BCUT2D eigenvalue weighted by molar-refractivity contribution is 0.449. The normalized spacial score (nSPS) is 17.9. The first kappa shape index (κ1) is 13.3. The predicted octanol–water partition coefficient (Wildman–Crippen LogP) is 2.29. The van der Waals surface area contributed by atoms with Crippen molar-refractivity contribution >= 4 is 0 Å². The van der Waals surface area contributed by atoms with E-state index in [-0.39, 0.29) is 0 Å². The van der Waals surface area contributed by atoms with E-state index in [0.29, 0.717) is 12.5 Å². The molecule has 1 heterocycles. The van der Waals surface area contributed by atoms with E-state index in [1.54, 1.807) is 0 Å². The Morgan fingerprint density at radius 1 is 1.30 bits per heavy atom. The van der Waals surface area contributed by atoms with Crippen molar-refractivity contribution in [3.8, 4) is 0 Å². The van der Waals surface area contributed by atoms with E-state index in [1.165, 1.54) is 30.4 Å². The summed E-state index contributed by atoms with van der Waals surface area (Å²) >= 11 is 0. The van der Waals surface area contributed by atoms with E-state index in [0.717, 1.165) is 25.1 Å². The van der Waals surface area contributed by atoms with Crippen molar-refractivity contribution in [1.29, 1.82) is 0 Å². The van der Waals surface area contributed by atoms with E-state index in [2.05, 4.69) is 40.8 Å². The summed E-state index contributed by atoms with van der Waals surface area (Å²) in [6, 6.07) is 8.81. The molecule has 2 aromatic rings. The monoisotopic (exact) mass is 270 g/mol. The molecule has 0 fully saturated rings. The Morgan fingerprint density at radius 3 is 3.10 bits per heavy atom. The van der Waals surface area contributed by atoms with Crippen LogP contribution in [0, 0.1) is 0 Å². The lowest BCUT2D eigenvalue weighted by atomic mass is 9.83. The molecule has 1 aromatic carbocycles. The number of rotatable bonds is 5. The number of nitrogens with zero attached hydrogens (tertiary/aromatic N) is 3. The summed E-state index contributed by atoms with van der Waals surface area (Å²) in [5.74, 6) is 0.573. The highest BCUT2D eigenvalue weighted by Crippen LogP contribution is 2.32. The summed E-state index contributed by atoms with van der Waals surface area (Å²) in [6.45, 7) is 1.65. The number of hydrogen-bond donors (Lipinski definition) is 1. The van der Waals surface area contributed by atoms with E-state index in [9.17, 15) is 0 Å². The molecule has 4 nitrogen and oxygen atoms in total. The molecule has 106 valence electrons. The highest BCUT2D eigenvalue weighted by Gasteiger charge is 2.20. The minimum atomic E-state index is 0.573. The first-order chi connectivity index (χ1) is 9.86. The smallest absolute Gasteiger partial charge is 0.0827 e. The standard InChI is InChI=1S/C16H22N4/c17-10-4-8-15-12-20(19-18-15)11-14-7-3-6-13-5-1-2-9-16(13)14/h1-2,5,9,12,14H,3-4,6-8,10-11,17H2. The maximum absolute atomic E-state index is 5.53. The third-order valence-electron chi connectivity index (χ3n) is 4.12. The summed E-state index contributed by atoms with van der Waals surface area (Å²) in [6.07, 6.45) is 7.72. The molecule has 3 rings (SSSR count). The molecule has 2 N–H and O–H groups in total. The fourth-order valence-electron chi connectivity index (χ4n) is 3.10. The summed E-state index contributed by atoms with van der Waals surface area (Å²) in [5.41, 5.74) is 9.59. The Morgan fingerprint density at radius 2 is 2.20 bits per heavy atom. The minimum Gasteiger partial charge on any atom is -0.330 e. The van der Waals surface area contributed by atoms with Gasteiger partial charge in [-0.25, -0.2) is 0 Å². The second-order valence-electron chi connectivity index (χ2n) is 5.61. The van der Waals surface area contributed by atoms with E-state index < -0.39 is 0 Å². The number of hydrogen-bond acceptors (Lipinski definition) is 3. The predicted molar refractivity (Wildman–Crippen MR) is 79.5 cm³/mol. The zero-order chi connectivity index (χ0) is 13.8. The van der Waals surface area contributed by atoms with Crippen molar-refractivity contribution in [2.75, 3.05) is 6.54 Å². The first-order valence-corrected chi connectivity index (χ1v) is 7.53. The van der Waals surface area contributed by atoms with Crippen LogP contribution in [0.3, 0.4) is 0 Å². The molecule has 1 aliphatic rings. The summed E-state index contributed by atoms with van der Waals surface area (Å²) in [5, 5.41) is 8.49. The average Bonchev–Trinajstić information content (AvgIpc) is 2.93. The van der Waals surface area contributed by atoms with Gasteiger partial charge in [-0.2, -0.15) is 0 Å². The van der Waals surface area contributed by atoms with Gasteiger partial charge in [0.15, 0.2) is 0 Å². The average molecular weight is 270 g/mol. The summed E-state index contributed by atoms with van der Waals surface area (Å²) < 4.78 is 2.00. The molecular formula is C16H22N4. The van der Waals surface area contributed by atoms with Gasteiger partial charge in [-0.05, 0) is 49.8 Å². The van der Waals surface area contributed by atoms with Gasteiger partial charge in [0.2, 0.25) is 0 Å². The van der Waals surface area contributed by atoms with Crippen LogP contribution in [-0.2, 0) is 19.4 Å². The Bertz CT molecular complexity index is 561. The van der Waals surface area contributed by atoms with Crippen molar-refractivity contribution < 1.29 is 0 Å². The summed E-state index contributed by atoms with van der Waals surface area (Å²) in [7, 11) is 0. The second-order valence-corrected chi connectivity index (χ2v) is 5.61. The third kappa shape index (κ3) is 2.90. The van der Waals surface area contributed by atoms with Crippen LogP contribution in [-0.4, -0.2) is 21.5 Å². The second kappa shape index (κ2) is 6.18. The highest BCUT2D eigenvalue weighted by molar-refractivity contribution is 5.32. The number of fused-ring (bicyclic) bond motifs is 1. The molecule has 4 heteroatoms. The quantitative estimate of drug-likeness (QED) is 0.907. The Labute approximate surface area is 120 Å². The van der Waals surface area contributed by atoms with Crippen LogP contribution < -0.4 is 5.73 Å². The van der Waals surface area contributed by atoms with Crippen molar-refractivity contribution in [3.05, 3.63) is 47.3 Å². The molecule has 1 unspecified atom stereocenters. The van der Waals surface area contributed by atoms with Gasteiger partial charge >= 0.3 is 0 Å². The van der Waals surface area contributed by atoms with Gasteiger partial charge < -0.3 is 5.73 Å². The van der Waals surface area contributed by atoms with Gasteiger partial charge in [0, 0.05) is 18.7 Å². The van der Waals surface area contributed by atoms with Gasteiger partial charge in [-0.3, -0.25) is 4.68 Å². The molecule has 1 aliphatic carbocycles. The zero-order valence-electron chi connectivity index (χ0n) is 11.8. The Balaban J connectivity index is 1.71. The molecule has 0 bridgehead atoms. The van der Waals surface area contributed by atoms with Gasteiger partial charge in [-0.15, -0.1) is 5.10 Å². The van der Waals surface area contributed by atoms with Gasteiger partial charge in [0.1, 0.15) is 0 Å². The molecule has 1 atom stereocenters. The van der Waals surface area contributed by atoms with Crippen LogP contribution in [0.1, 0.15) is 42.0 Å². The fraction of sp³-hybridized carbons (Fsp3) is 0.500. The van der Waals surface area contributed by atoms with Crippen LogP contribution in [0.5, 0.6) is 0 Å². The van der Waals surface area contributed by atoms with E-state index in [1.807, 2.05) is 4.68 Å². The fourth-order valence-corrected chi connectivity index (χ4v) is 3.10. The number of benzene rings is 1. The molecule has 0 saturated carbocycles. The number of aromatic nitrogens is 3. The van der Waals surface area contributed by atoms with Crippen LogP contribution >= 0.6 is 0 Å².